The van der Waals surface area contributed by atoms with Crippen molar-refractivity contribution in [2.75, 3.05) is 13.2 Å². The molecule has 27 heavy (non-hydrogen) atoms. The van der Waals surface area contributed by atoms with Gasteiger partial charge < -0.3 is 14.4 Å². The van der Waals surface area contributed by atoms with E-state index in [1.807, 2.05) is 29.2 Å². The molecule has 5 rings (SSSR count). The van der Waals surface area contributed by atoms with Crippen LogP contribution in [-0.4, -0.2) is 34.9 Å². The molecule has 0 unspecified atom stereocenters. The van der Waals surface area contributed by atoms with Crippen LogP contribution in [0.3, 0.4) is 0 Å². The van der Waals surface area contributed by atoms with Crippen LogP contribution in [-0.2, 0) is 20.8 Å². The van der Waals surface area contributed by atoms with E-state index in [9.17, 15) is 4.79 Å². The topological polar surface area (TPSA) is 51.7 Å². The number of carbonyl (C=O) groups excluding carboxylic acids is 1. The molecule has 0 N–H and O–H groups in total. The van der Waals surface area contributed by atoms with Gasteiger partial charge in [-0.3, -0.25) is 0 Å². The molecular weight excluding hydrogens is 347 g/mol. The van der Waals surface area contributed by atoms with Crippen LogP contribution in [0.4, 0.5) is 4.39 Å². The van der Waals surface area contributed by atoms with E-state index in [1.54, 1.807) is 13.0 Å². The van der Waals surface area contributed by atoms with Crippen molar-refractivity contribution in [1.82, 2.24) is 9.88 Å². The van der Waals surface area contributed by atoms with Crippen molar-refractivity contribution in [1.29, 1.82) is 0 Å². The van der Waals surface area contributed by atoms with Crippen molar-refractivity contribution in [2.24, 2.45) is 0 Å². The van der Waals surface area contributed by atoms with Gasteiger partial charge in [0.1, 0.15) is 6.61 Å². The molecule has 0 aliphatic carbocycles. The number of fused-ring (bicyclic) bond motifs is 4. The molecule has 0 saturated carbocycles. The summed E-state index contributed by atoms with van der Waals surface area (Å²) in [6.45, 7) is 6.39. The number of halogens is 1. The third-order valence-electron chi connectivity index (χ3n) is 5.24. The van der Waals surface area contributed by atoms with Crippen LogP contribution in [0.2, 0.25) is 0 Å². The average molecular weight is 364 g/mol. The second kappa shape index (κ2) is 5.50. The minimum absolute atomic E-state index is 0.0161. The highest BCUT2D eigenvalue weighted by Crippen LogP contribution is 2.46. The van der Waals surface area contributed by atoms with Gasteiger partial charge in [-0.25, -0.2) is 9.78 Å². The number of alkyl halides is 1. The predicted molar refractivity (Wildman–Crippen MR) is 97.9 cm³/mol. The largest absolute Gasteiger partial charge is 0.456 e. The first kappa shape index (κ1) is 16.2. The third-order valence-corrected chi connectivity index (χ3v) is 5.24. The highest BCUT2D eigenvalue weighted by molar-refractivity contribution is 5.90. The van der Waals surface area contributed by atoms with Crippen molar-refractivity contribution in [3.63, 3.8) is 0 Å². The summed E-state index contributed by atoms with van der Waals surface area (Å²) in [7, 11) is 0. The monoisotopic (exact) mass is 364 g/mol. The fourth-order valence-corrected chi connectivity index (χ4v) is 3.94. The maximum atomic E-state index is 15.5. The summed E-state index contributed by atoms with van der Waals surface area (Å²) < 4.78 is 25.7. The molecule has 0 spiro atoms. The summed E-state index contributed by atoms with van der Waals surface area (Å²) in [5.41, 5.74) is 4.73. The van der Waals surface area contributed by atoms with E-state index in [0.29, 0.717) is 17.8 Å². The quantitative estimate of drug-likeness (QED) is 0.764. The third kappa shape index (κ3) is 2.13. The predicted octanol–water partition coefficient (Wildman–Crippen LogP) is 3.47. The van der Waals surface area contributed by atoms with E-state index in [1.165, 1.54) is 0 Å². The van der Waals surface area contributed by atoms with Gasteiger partial charge in [0, 0.05) is 34.4 Å². The fourth-order valence-electron chi connectivity index (χ4n) is 3.94. The molecule has 3 aliphatic heterocycles. The maximum absolute atomic E-state index is 15.5. The van der Waals surface area contributed by atoms with Gasteiger partial charge in [0.25, 0.3) is 0 Å². The van der Waals surface area contributed by atoms with E-state index in [4.69, 9.17) is 14.5 Å². The molecule has 5 nitrogen and oxygen atoms in total. The van der Waals surface area contributed by atoms with Crippen LogP contribution in [0.1, 0.15) is 18.2 Å². The van der Waals surface area contributed by atoms with E-state index in [2.05, 4.69) is 12.6 Å². The summed E-state index contributed by atoms with van der Waals surface area (Å²) in [6.07, 6.45) is 1.66. The minimum Gasteiger partial charge on any atom is -0.456 e. The standard InChI is InChI=1S/C21H17FN2O3/c1-3-27-21(22)16-9-18-19-14(8-13-6-4-5-7-17(13)23-19)10-24(18)12(2)15(16)11-26-20(21)25/h4-9H,2-3,10-11H2,1H3/t21-/m0/s1. The summed E-state index contributed by atoms with van der Waals surface area (Å²) in [6, 6.07) is 9.96. The van der Waals surface area contributed by atoms with Crippen molar-refractivity contribution in [3.05, 3.63) is 71.1 Å². The Kier molecular flexibility index (Phi) is 3.30. The number of carbonyl (C=O) groups is 1. The lowest BCUT2D eigenvalue weighted by molar-refractivity contribution is -0.191. The molecule has 3 aliphatic rings. The summed E-state index contributed by atoms with van der Waals surface area (Å²) in [5.74, 6) is -3.64. The van der Waals surface area contributed by atoms with Gasteiger partial charge in [-0.15, -0.1) is 0 Å². The molecule has 136 valence electrons. The zero-order valence-electron chi connectivity index (χ0n) is 14.8. The van der Waals surface area contributed by atoms with Crippen LogP contribution in [0.15, 0.2) is 59.8 Å². The molecule has 1 atom stereocenters. The lowest BCUT2D eigenvalue weighted by Crippen LogP contribution is -2.46. The number of hydrogen-bond donors (Lipinski definition) is 0. The lowest BCUT2D eigenvalue weighted by atomic mass is 9.92. The van der Waals surface area contributed by atoms with Gasteiger partial charge in [0.05, 0.1) is 23.5 Å². The number of benzene rings is 1. The van der Waals surface area contributed by atoms with Crippen molar-refractivity contribution in [3.8, 4) is 0 Å². The number of cyclic esters (lactones) is 1. The first-order valence-corrected chi connectivity index (χ1v) is 8.84. The highest BCUT2D eigenvalue weighted by atomic mass is 19.2. The normalized spacial score (nSPS) is 23.8. The first-order valence-electron chi connectivity index (χ1n) is 8.84. The zero-order valence-corrected chi connectivity index (χ0v) is 14.8. The van der Waals surface area contributed by atoms with Gasteiger partial charge in [-0.1, -0.05) is 24.8 Å². The van der Waals surface area contributed by atoms with Crippen LogP contribution in [0.25, 0.3) is 16.6 Å². The Balaban J connectivity index is 1.71. The number of aromatic nitrogens is 1. The molecule has 1 aromatic carbocycles. The smallest absolute Gasteiger partial charge is 0.377 e. The van der Waals surface area contributed by atoms with Crippen molar-refractivity contribution in [2.45, 2.75) is 19.3 Å². The zero-order chi connectivity index (χ0) is 18.8. The van der Waals surface area contributed by atoms with Crippen LogP contribution < -0.4 is 0 Å². The molecule has 0 bridgehead atoms. The number of esters is 1. The molecule has 4 heterocycles. The summed E-state index contributed by atoms with van der Waals surface area (Å²) in [4.78, 5) is 18.9. The van der Waals surface area contributed by atoms with Crippen LogP contribution in [0, 0.1) is 0 Å². The fraction of sp³-hybridized carbons (Fsp3) is 0.238. The Labute approximate surface area is 155 Å². The Morgan fingerprint density at radius 2 is 2.22 bits per heavy atom. The number of para-hydroxylation sites is 1. The van der Waals surface area contributed by atoms with E-state index in [0.717, 1.165) is 27.9 Å². The Bertz CT molecular complexity index is 1090. The molecule has 0 amide bonds. The first-order chi connectivity index (χ1) is 13.0. The average Bonchev–Trinajstić information content (AvgIpc) is 3.02. The summed E-state index contributed by atoms with van der Waals surface area (Å²) in [5, 5.41) is 1.05. The van der Waals surface area contributed by atoms with E-state index >= 15 is 4.39 Å². The Hall–Kier alpha value is -2.99. The number of pyridine rings is 1. The molecule has 2 aromatic rings. The van der Waals surface area contributed by atoms with Gasteiger partial charge >= 0.3 is 11.8 Å². The van der Waals surface area contributed by atoms with Gasteiger partial charge in [0.2, 0.25) is 0 Å². The Morgan fingerprint density at radius 1 is 1.41 bits per heavy atom. The molecular formula is C21H17FN2O3. The molecule has 6 heteroatoms. The van der Waals surface area contributed by atoms with E-state index in [-0.39, 0.29) is 18.8 Å². The lowest BCUT2D eigenvalue weighted by Gasteiger charge is -2.37. The highest BCUT2D eigenvalue weighted by Gasteiger charge is 2.52. The maximum Gasteiger partial charge on any atom is 0.377 e. The minimum atomic E-state index is -2.62. The van der Waals surface area contributed by atoms with E-state index < -0.39 is 11.8 Å². The second-order valence-corrected chi connectivity index (χ2v) is 6.75. The molecule has 0 radical (unpaired) electrons. The van der Waals surface area contributed by atoms with Crippen molar-refractivity contribution >= 4 is 22.6 Å². The molecule has 0 fully saturated rings. The van der Waals surface area contributed by atoms with Gasteiger partial charge in [-0.05, 0) is 25.1 Å². The number of rotatable bonds is 2. The number of hydrogen-bond acceptors (Lipinski definition) is 5. The molecule has 1 aromatic heterocycles. The van der Waals surface area contributed by atoms with Gasteiger partial charge in [0.15, 0.2) is 0 Å². The number of ether oxygens (including phenoxy) is 2. The van der Waals surface area contributed by atoms with Crippen LogP contribution >= 0.6 is 0 Å². The van der Waals surface area contributed by atoms with Crippen LogP contribution in [0.5, 0.6) is 0 Å². The summed E-state index contributed by atoms with van der Waals surface area (Å²) >= 11 is 0. The SMILES string of the molecule is C=C1C2=C(C=C3c4nc5ccccc5cc4CN13)[C@](F)(OCC)C(=O)OC2. The second-order valence-electron chi connectivity index (χ2n) is 6.75. The molecule has 0 saturated heterocycles. The number of nitrogens with zero attached hydrogens (tertiary/aromatic N) is 2. The van der Waals surface area contributed by atoms with Gasteiger partial charge in [-0.2, -0.15) is 4.39 Å². The Morgan fingerprint density at radius 3 is 3.04 bits per heavy atom. The van der Waals surface area contributed by atoms with Crippen molar-refractivity contribution < 1.29 is 18.7 Å².